The summed E-state index contributed by atoms with van der Waals surface area (Å²) in [4.78, 5) is 9.46. The largest absolute Gasteiger partial charge is 1.00 e. The van der Waals surface area contributed by atoms with E-state index < -0.39 is 8.24 Å². The van der Waals surface area contributed by atoms with E-state index in [1.165, 1.54) is 86.7 Å². The van der Waals surface area contributed by atoms with Crippen molar-refractivity contribution in [3.63, 3.8) is 0 Å². The van der Waals surface area contributed by atoms with Crippen LogP contribution in [-0.4, -0.2) is 55.8 Å². The molecule has 7 rings (SSSR count). The molecular formula is C37H51LiN3Si+. The molecule has 2 heterocycles. The molecule has 0 bridgehead atoms. The minimum Gasteiger partial charge on any atom is -0.371 e. The van der Waals surface area contributed by atoms with Gasteiger partial charge in [-0.3, -0.25) is 4.90 Å². The quantitative estimate of drug-likeness (QED) is 0.541. The first-order valence-electron chi connectivity index (χ1n) is 16.3. The fourth-order valence-electron chi connectivity index (χ4n) is 8.37. The van der Waals surface area contributed by atoms with Gasteiger partial charge in [0.1, 0.15) is 0 Å². The van der Waals surface area contributed by atoms with E-state index in [1.807, 2.05) is 0 Å². The summed E-state index contributed by atoms with van der Waals surface area (Å²) < 4.78 is 0. The maximum atomic E-state index is 4.12. The number of nitrogens with zero attached hydrogens (tertiary/aromatic N) is 2. The smallest absolute Gasteiger partial charge is 0.371 e. The molecule has 5 unspecified atom stereocenters. The average molecular weight is 573 g/mol. The van der Waals surface area contributed by atoms with Gasteiger partial charge in [-0.05, 0) is 95.0 Å². The third-order valence-corrected chi connectivity index (χ3v) is 14.6. The number of rotatable bonds is 5. The zero-order chi connectivity index (χ0) is 28.5. The molecule has 0 radical (unpaired) electrons. The molecular weight excluding hydrogens is 521 g/mol. The molecule has 5 heteroatoms. The number of nitrogens with one attached hydrogen (secondary N) is 1. The molecule has 2 saturated heterocycles. The number of fused-ring (bicyclic) bond motifs is 2. The van der Waals surface area contributed by atoms with Crippen LogP contribution in [-0.2, 0) is 0 Å². The van der Waals surface area contributed by atoms with Crippen molar-refractivity contribution in [2.45, 2.75) is 83.0 Å². The van der Waals surface area contributed by atoms with Crippen molar-refractivity contribution in [3.8, 4) is 0 Å². The van der Waals surface area contributed by atoms with Gasteiger partial charge in [-0.25, -0.2) is 0 Å². The molecule has 0 aromatic heterocycles. The van der Waals surface area contributed by atoms with Gasteiger partial charge in [0.05, 0.1) is 0 Å². The molecule has 218 valence electrons. The Morgan fingerprint density at radius 3 is 2.14 bits per heavy atom. The Kier molecular flexibility index (Phi) is 10.1. The van der Waals surface area contributed by atoms with Crippen LogP contribution in [0.4, 0.5) is 0 Å². The maximum absolute atomic E-state index is 4.12. The van der Waals surface area contributed by atoms with Crippen LogP contribution < -0.4 is 29.0 Å². The van der Waals surface area contributed by atoms with E-state index in [9.17, 15) is 0 Å². The normalized spacial score (nSPS) is 27.9. The monoisotopic (exact) mass is 572 g/mol. The molecule has 0 spiro atoms. The average Bonchev–Trinajstić information content (AvgIpc) is 3.78. The van der Waals surface area contributed by atoms with E-state index in [0.29, 0.717) is 5.54 Å². The van der Waals surface area contributed by atoms with Crippen LogP contribution >= 0.6 is 0 Å². The van der Waals surface area contributed by atoms with Crippen LogP contribution in [0.5, 0.6) is 0 Å². The Bertz CT molecular complexity index is 1270. The van der Waals surface area contributed by atoms with Crippen LogP contribution in [0.25, 0.3) is 5.70 Å². The van der Waals surface area contributed by atoms with E-state index >= 15 is 0 Å². The molecule has 1 saturated carbocycles. The summed E-state index contributed by atoms with van der Waals surface area (Å²) in [6.45, 7) is 14.5. The van der Waals surface area contributed by atoms with Gasteiger partial charge >= 0.3 is 18.9 Å². The molecule has 3 nitrogen and oxygen atoms in total. The first kappa shape index (κ1) is 31.6. The zero-order valence-electron chi connectivity index (χ0n) is 26.9. The van der Waals surface area contributed by atoms with Crippen molar-refractivity contribution >= 4 is 19.1 Å². The second-order valence-corrected chi connectivity index (χ2v) is 18.0. The minimum atomic E-state index is -2.02. The van der Waals surface area contributed by atoms with Crippen LogP contribution in [0.3, 0.4) is 0 Å². The van der Waals surface area contributed by atoms with Gasteiger partial charge in [-0.1, -0.05) is 91.5 Å². The van der Waals surface area contributed by atoms with E-state index in [0.717, 1.165) is 17.9 Å². The summed E-state index contributed by atoms with van der Waals surface area (Å²) in [5.41, 5.74) is 4.96. The summed E-state index contributed by atoms with van der Waals surface area (Å²) >= 11 is 0. The summed E-state index contributed by atoms with van der Waals surface area (Å²) in [5.74, 6) is 1.68. The van der Waals surface area contributed by atoms with Crippen LogP contribution in [0.15, 0.2) is 85.0 Å². The van der Waals surface area contributed by atoms with Gasteiger partial charge < -0.3 is 9.88 Å². The van der Waals surface area contributed by atoms with E-state index in [-0.39, 0.29) is 24.4 Å². The molecule has 2 aromatic carbocycles. The predicted octanol–water partition coefficient (Wildman–Crippen LogP) is 4.24. The second kappa shape index (κ2) is 13.5. The molecule has 3 aliphatic carbocycles. The van der Waals surface area contributed by atoms with Gasteiger partial charge in [0.25, 0.3) is 0 Å². The third kappa shape index (κ3) is 6.64. The van der Waals surface area contributed by atoms with Gasteiger partial charge in [0.15, 0.2) is 8.24 Å². The van der Waals surface area contributed by atoms with Gasteiger partial charge in [0, 0.05) is 41.5 Å². The molecule has 3 fully saturated rings. The number of hydrogen-bond acceptors (Lipinski definition) is 3. The SMILES string of the molecule is C1=CC2CCC(N3CCCC3)C2C=C1.CC(C)(C)N[Si](C)(c1ccccc1)C1C=C(N2CCCC2)c2ccccc21.[Li+]. The van der Waals surface area contributed by atoms with Crippen LogP contribution in [0.1, 0.15) is 76.0 Å². The molecule has 5 aliphatic rings. The number of hydrogen-bond donors (Lipinski definition) is 1. The van der Waals surface area contributed by atoms with Crippen molar-refractivity contribution in [1.82, 2.24) is 14.8 Å². The van der Waals surface area contributed by atoms with Crippen molar-refractivity contribution in [2.75, 3.05) is 26.2 Å². The van der Waals surface area contributed by atoms with Gasteiger partial charge in [-0.15, -0.1) is 0 Å². The number of benzene rings is 2. The Balaban J connectivity index is 0.000000197. The van der Waals surface area contributed by atoms with Gasteiger partial charge in [-0.2, -0.15) is 0 Å². The molecule has 5 atom stereocenters. The van der Waals surface area contributed by atoms with Crippen molar-refractivity contribution < 1.29 is 18.9 Å². The number of allylic oxidation sites excluding steroid dienone is 4. The van der Waals surface area contributed by atoms with Gasteiger partial charge in [0.2, 0.25) is 0 Å². The van der Waals surface area contributed by atoms with Crippen LogP contribution in [0, 0.1) is 11.8 Å². The van der Waals surface area contributed by atoms with Crippen molar-refractivity contribution in [1.29, 1.82) is 0 Å². The zero-order valence-corrected chi connectivity index (χ0v) is 27.9. The van der Waals surface area contributed by atoms with E-state index in [4.69, 9.17) is 0 Å². The van der Waals surface area contributed by atoms with Crippen molar-refractivity contribution in [3.05, 3.63) is 96.1 Å². The Labute approximate surface area is 268 Å². The standard InChI is InChI=1S/C24H32N2Si.C13H19N.Li/c1-24(2,3)25-27(4,19-12-6-5-7-13-19)23-18-22(26-16-10-11-17-26)20-14-8-9-15-21(20)23;1-2-6-12-11(5-1)7-8-13(12)14-9-3-4-10-14;/h5-9,12-15,18,23,25H,10-11,16-17H2,1-4H3;1-2,5-6,11-13H,3-4,7-10H2;/q;;+1. The van der Waals surface area contributed by atoms with E-state index in [2.05, 4.69) is 127 Å². The number of likely N-dealkylation sites (tertiary alicyclic amines) is 2. The molecule has 2 aromatic rings. The van der Waals surface area contributed by atoms with Crippen LogP contribution in [0.2, 0.25) is 6.55 Å². The Hall–Kier alpha value is -1.81. The molecule has 2 aliphatic heterocycles. The van der Waals surface area contributed by atoms with Crippen molar-refractivity contribution in [2.24, 2.45) is 11.8 Å². The first-order valence-corrected chi connectivity index (χ1v) is 18.9. The second-order valence-electron chi connectivity index (χ2n) is 14.2. The summed E-state index contributed by atoms with van der Waals surface area (Å²) in [6, 6.07) is 21.1. The maximum Gasteiger partial charge on any atom is 1.00 e. The Morgan fingerprint density at radius 2 is 1.43 bits per heavy atom. The summed E-state index contributed by atoms with van der Waals surface area (Å²) in [7, 11) is -2.02. The Morgan fingerprint density at radius 1 is 0.786 bits per heavy atom. The third-order valence-electron chi connectivity index (χ3n) is 10.1. The first-order chi connectivity index (χ1) is 19.8. The molecule has 0 amide bonds. The topological polar surface area (TPSA) is 18.5 Å². The summed E-state index contributed by atoms with van der Waals surface area (Å²) in [6.07, 6.45) is 20.2. The fourth-order valence-corrected chi connectivity index (χ4v) is 12.8. The fraction of sp³-hybridized carbons (Fsp3) is 0.514. The predicted molar refractivity (Wildman–Crippen MR) is 178 cm³/mol. The molecule has 1 N–H and O–H groups in total. The summed E-state index contributed by atoms with van der Waals surface area (Å²) in [5, 5.41) is 1.48. The molecule has 42 heavy (non-hydrogen) atoms. The minimum absolute atomic E-state index is 0. The van der Waals surface area contributed by atoms with E-state index in [1.54, 1.807) is 0 Å².